The maximum Gasteiger partial charge on any atom is 0.129 e. The average molecular weight is 310 g/mol. The highest BCUT2D eigenvalue weighted by Crippen LogP contribution is 2.27. The molecule has 0 aromatic heterocycles. The van der Waals surface area contributed by atoms with Gasteiger partial charge in [-0.3, -0.25) is 0 Å². The Morgan fingerprint density at radius 1 is 1.32 bits per heavy atom. The van der Waals surface area contributed by atoms with E-state index in [1.54, 1.807) is 0 Å². The molecule has 22 heavy (non-hydrogen) atoms. The first-order valence-electron chi connectivity index (χ1n) is 7.26. The third-order valence-electron chi connectivity index (χ3n) is 3.22. The minimum Gasteiger partial charge on any atom is -0.492 e. The van der Waals surface area contributed by atoms with Gasteiger partial charge in [-0.1, -0.05) is 11.8 Å². The van der Waals surface area contributed by atoms with Crippen molar-refractivity contribution in [2.24, 2.45) is 11.7 Å². The number of hydrogen-bond acceptors (Lipinski definition) is 4. The summed E-state index contributed by atoms with van der Waals surface area (Å²) < 4.78 is 31.2. The second-order valence-electron chi connectivity index (χ2n) is 5.37. The summed E-state index contributed by atoms with van der Waals surface area (Å²) in [6.07, 6.45) is 1.53. The highest BCUT2D eigenvalue weighted by molar-refractivity contribution is 5.23. The summed E-state index contributed by atoms with van der Waals surface area (Å²) in [7, 11) is 0. The van der Waals surface area contributed by atoms with E-state index >= 15 is 0 Å². The first-order chi connectivity index (χ1) is 10.5. The maximum atomic E-state index is 13.0. The molecule has 1 aromatic rings. The van der Waals surface area contributed by atoms with Gasteiger partial charge in [0.1, 0.15) is 24.0 Å². The molecule has 4 N–H and O–H groups in total. The number of nitrogens with two attached hydrogens (primary N) is 1. The third-order valence-corrected chi connectivity index (χ3v) is 3.22. The van der Waals surface area contributed by atoms with Crippen molar-refractivity contribution in [3.63, 3.8) is 0 Å². The van der Waals surface area contributed by atoms with Crippen LogP contribution in [0.15, 0.2) is 18.2 Å². The van der Waals surface area contributed by atoms with Gasteiger partial charge < -0.3 is 20.9 Å². The molecule has 0 saturated heterocycles. The molecular weight excluding hydrogens is 290 g/mol. The van der Waals surface area contributed by atoms with Crippen LogP contribution in [0.5, 0.6) is 5.75 Å². The number of ether oxygens (including phenoxy) is 1. The van der Waals surface area contributed by atoms with Gasteiger partial charge in [0.05, 0.1) is 18.7 Å². The van der Waals surface area contributed by atoms with Crippen LogP contribution in [0.2, 0.25) is 0 Å². The highest BCUT2D eigenvalue weighted by Gasteiger charge is 2.18. The zero-order valence-electron chi connectivity index (χ0n) is 12.2. The molecule has 2 rings (SSSR count). The van der Waals surface area contributed by atoms with Gasteiger partial charge in [0.25, 0.3) is 0 Å². The fourth-order valence-corrected chi connectivity index (χ4v) is 1.77. The third kappa shape index (κ3) is 5.98. The Balaban J connectivity index is 1.66. The van der Waals surface area contributed by atoms with Crippen molar-refractivity contribution in [1.82, 2.24) is 5.32 Å². The minimum absolute atomic E-state index is 0.0422. The highest BCUT2D eigenvalue weighted by atomic mass is 19.1. The molecule has 0 bridgehead atoms. The van der Waals surface area contributed by atoms with Crippen LogP contribution in [0.3, 0.4) is 0 Å². The van der Waals surface area contributed by atoms with Gasteiger partial charge in [0, 0.05) is 30.7 Å². The molecule has 1 saturated carbocycles. The monoisotopic (exact) mass is 310 g/mol. The molecule has 0 unspecified atom stereocenters. The molecule has 4 nitrogen and oxygen atoms in total. The van der Waals surface area contributed by atoms with Gasteiger partial charge in [-0.25, -0.2) is 8.78 Å². The summed E-state index contributed by atoms with van der Waals surface area (Å²) in [6, 6.07) is 2.21. The quantitative estimate of drug-likeness (QED) is 0.520. The molecule has 120 valence electrons. The number of nitrogens with one attached hydrogen (secondary N) is 1. The maximum absolute atomic E-state index is 13.0. The van der Waals surface area contributed by atoms with Crippen molar-refractivity contribution in [2.75, 3.05) is 19.7 Å². The van der Waals surface area contributed by atoms with E-state index in [2.05, 4.69) is 17.2 Å². The van der Waals surface area contributed by atoms with Crippen molar-refractivity contribution in [2.45, 2.75) is 25.0 Å². The predicted octanol–water partition coefficient (Wildman–Crippen LogP) is 1.03. The Kier molecular flexibility index (Phi) is 6.13. The second kappa shape index (κ2) is 8.08. The Morgan fingerprint density at radius 3 is 2.64 bits per heavy atom. The van der Waals surface area contributed by atoms with Crippen LogP contribution >= 0.6 is 0 Å². The van der Waals surface area contributed by atoms with E-state index < -0.39 is 23.8 Å². The largest absolute Gasteiger partial charge is 0.492 e. The van der Waals surface area contributed by atoms with Crippen molar-refractivity contribution in [1.29, 1.82) is 0 Å². The summed E-state index contributed by atoms with van der Waals surface area (Å²) in [6.45, 7) is 0.733. The van der Waals surface area contributed by atoms with Crippen molar-refractivity contribution in [3.8, 4) is 17.6 Å². The number of rotatable bonds is 7. The van der Waals surface area contributed by atoms with E-state index in [-0.39, 0.29) is 18.9 Å². The smallest absolute Gasteiger partial charge is 0.129 e. The van der Waals surface area contributed by atoms with Crippen LogP contribution in [0.1, 0.15) is 12.8 Å². The van der Waals surface area contributed by atoms with Crippen LogP contribution in [0, 0.1) is 29.4 Å². The first kappa shape index (κ1) is 16.7. The Hall–Kier alpha value is -1.68. The Labute approximate surface area is 128 Å². The SMILES string of the molecule is N[C@@H](COc1cc(F)cc(F)c1)[C@H](O)CNCC#CC1CC1. The van der Waals surface area contributed by atoms with Gasteiger partial charge in [-0.15, -0.1) is 0 Å². The van der Waals surface area contributed by atoms with Crippen molar-refractivity contribution in [3.05, 3.63) is 29.8 Å². The molecule has 1 aliphatic carbocycles. The zero-order valence-corrected chi connectivity index (χ0v) is 12.2. The Morgan fingerprint density at radius 2 is 2.00 bits per heavy atom. The van der Waals surface area contributed by atoms with Crippen molar-refractivity contribution < 1.29 is 18.6 Å². The lowest BCUT2D eigenvalue weighted by Crippen LogP contribution is -2.45. The number of halogens is 2. The summed E-state index contributed by atoms with van der Waals surface area (Å²) in [5, 5.41) is 12.8. The fourth-order valence-electron chi connectivity index (χ4n) is 1.77. The number of hydrogen-bond donors (Lipinski definition) is 3. The molecule has 1 aliphatic rings. The number of benzene rings is 1. The number of aliphatic hydroxyl groups excluding tert-OH is 1. The summed E-state index contributed by atoms with van der Waals surface area (Å²) in [5.41, 5.74) is 5.78. The van der Waals surface area contributed by atoms with E-state index in [0.717, 1.165) is 18.2 Å². The fraction of sp³-hybridized carbons (Fsp3) is 0.500. The zero-order chi connectivity index (χ0) is 15.9. The molecule has 0 aliphatic heterocycles. The summed E-state index contributed by atoms with van der Waals surface area (Å²) >= 11 is 0. The molecule has 1 fully saturated rings. The van der Waals surface area contributed by atoms with E-state index in [9.17, 15) is 13.9 Å². The predicted molar refractivity (Wildman–Crippen MR) is 79.2 cm³/mol. The van der Waals surface area contributed by atoms with Gasteiger partial charge in [0.15, 0.2) is 0 Å². The molecule has 1 aromatic carbocycles. The van der Waals surface area contributed by atoms with E-state index in [4.69, 9.17) is 10.5 Å². The van der Waals surface area contributed by atoms with Crippen LogP contribution in [0.4, 0.5) is 8.78 Å². The van der Waals surface area contributed by atoms with E-state index in [1.807, 2.05) is 0 Å². The molecule has 0 amide bonds. The lowest BCUT2D eigenvalue weighted by Gasteiger charge is -2.19. The molecule has 0 radical (unpaired) electrons. The summed E-state index contributed by atoms with van der Waals surface area (Å²) in [4.78, 5) is 0. The van der Waals surface area contributed by atoms with Crippen LogP contribution in [-0.2, 0) is 0 Å². The standard InChI is InChI=1S/C16H20F2N2O2/c17-12-6-13(18)8-14(7-12)22-10-15(19)16(21)9-20-5-1-2-11-3-4-11/h6-8,11,15-16,20-21H,3-5,9-10,19H2/t15-,16+/m0/s1. The van der Waals surface area contributed by atoms with E-state index in [0.29, 0.717) is 12.5 Å². The lowest BCUT2D eigenvalue weighted by molar-refractivity contribution is 0.115. The van der Waals surface area contributed by atoms with E-state index in [1.165, 1.54) is 12.8 Å². The lowest BCUT2D eigenvalue weighted by atomic mass is 10.2. The molecule has 0 spiro atoms. The van der Waals surface area contributed by atoms with Crippen molar-refractivity contribution >= 4 is 0 Å². The number of aliphatic hydroxyl groups is 1. The van der Waals surface area contributed by atoms with Gasteiger partial charge in [-0.05, 0) is 12.8 Å². The molecule has 6 heteroatoms. The summed E-state index contributed by atoms with van der Waals surface area (Å²) in [5.74, 6) is 5.23. The van der Waals surface area contributed by atoms with Crippen LogP contribution < -0.4 is 15.8 Å². The molecule has 2 atom stereocenters. The van der Waals surface area contributed by atoms with Crippen LogP contribution in [-0.4, -0.2) is 36.9 Å². The Bertz CT molecular complexity index is 533. The molecular formula is C16H20F2N2O2. The normalized spacial score (nSPS) is 16.5. The van der Waals surface area contributed by atoms with Gasteiger partial charge in [0.2, 0.25) is 0 Å². The topological polar surface area (TPSA) is 67.5 Å². The van der Waals surface area contributed by atoms with Crippen LogP contribution in [0.25, 0.3) is 0 Å². The minimum atomic E-state index is -0.832. The second-order valence-corrected chi connectivity index (χ2v) is 5.37. The first-order valence-corrected chi connectivity index (χ1v) is 7.26. The average Bonchev–Trinajstić information content (AvgIpc) is 3.27. The van der Waals surface area contributed by atoms with Gasteiger partial charge >= 0.3 is 0 Å². The molecule has 0 heterocycles. The van der Waals surface area contributed by atoms with Gasteiger partial charge in [-0.2, -0.15) is 0 Å².